The molecule has 0 radical (unpaired) electrons. The topological polar surface area (TPSA) is 38.1 Å². The molecule has 6 rings (SSSR count). The molecule has 2 aliphatic heterocycles. The monoisotopic (exact) mass is 455 g/mol. The van der Waals surface area contributed by atoms with Gasteiger partial charge in [0.25, 0.3) is 11.8 Å². The van der Waals surface area contributed by atoms with Crippen LogP contribution in [0.2, 0.25) is 0 Å². The highest BCUT2D eigenvalue weighted by molar-refractivity contribution is 6.23. The van der Waals surface area contributed by atoms with Gasteiger partial charge in [0, 0.05) is 30.5 Å². The van der Waals surface area contributed by atoms with Gasteiger partial charge in [-0.2, -0.15) is 9.78 Å². The zero-order valence-corrected chi connectivity index (χ0v) is 18.8. The number of hydrogen-bond acceptors (Lipinski definition) is 3. The SMILES string of the molecule is CC1=C(c2ccc3ccccc3c2)C(=O)n2nc(-c3ccccc3)c(N3CCC(F)(F)C3)c2C1. The Labute approximate surface area is 196 Å². The minimum Gasteiger partial charge on any atom is -0.362 e. The third-order valence-electron chi connectivity index (χ3n) is 6.79. The maximum atomic E-state index is 14.2. The molecule has 170 valence electrons. The van der Waals surface area contributed by atoms with Gasteiger partial charge in [0.15, 0.2) is 0 Å². The van der Waals surface area contributed by atoms with Crippen molar-refractivity contribution in [3.8, 4) is 11.3 Å². The van der Waals surface area contributed by atoms with Crippen LogP contribution < -0.4 is 4.90 Å². The van der Waals surface area contributed by atoms with Crippen LogP contribution in [-0.4, -0.2) is 34.7 Å². The number of aromatic nitrogens is 2. The van der Waals surface area contributed by atoms with Crippen molar-refractivity contribution in [2.75, 3.05) is 18.0 Å². The molecule has 0 spiro atoms. The lowest BCUT2D eigenvalue weighted by Gasteiger charge is -2.24. The van der Waals surface area contributed by atoms with Gasteiger partial charge in [0.05, 0.1) is 17.9 Å². The van der Waals surface area contributed by atoms with Gasteiger partial charge in [-0.1, -0.05) is 72.3 Å². The number of hydrogen-bond donors (Lipinski definition) is 0. The van der Waals surface area contributed by atoms with Crippen molar-refractivity contribution in [3.05, 3.63) is 89.6 Å². The van der Waals surface area contributed by atoms with Gasteiger partial charge in [0.2, 0.25) is 0 Å². The first kappa shape index (κ1) is 20.8. The molecule has 0 bridgehead atoms. The second-order valence-electron chi connectivity index (χ2n) is 9.15. The van der Waals surface area contributed by atoms with Gasteiger partial charge in [-0.05, 0) is 29.3 Å². The number of nitrogens with zero attached hydrogens (tertiary/aromatic N) is 3. The summed E-state index contributed by atoms with van der Waals surface area (Å²) in [6.45, 7) is 1.82. The average Bonchev–Trinajstić information content (AvgIpc) is 3.39. The lowest BCUT2D eigenvalue weighted by Crippen LogP contribution is -2.28. The van der Waals surface area contributed by atoms with E-state index in [1.165, 1.54) is 4.68 Å². The number of carbonyl (C=O) groups excluding carboxylic acids is 1. The normalized spacial score (nSPS) is 17.5. The number of allylic oxidation sites excluding steroid dienone is 2. The summed E-state index contributed by atoms with van der Waals surface area (Å²) in [5.74, 6) is -2.97. The standard InChI is InChI=1S/C28H23F2N3O/c1-18-15-23-26(32-14-13-28(29,30)17-32)25(20-8-3-2-4-9-20)31-33(23)27(34)24(18)22-12-11-19-7-5-6-10-21(19)16-22/h2-12,16H,13-15,17H2,1H3. The Balaban J connectivity index is 1.49. The van der Waals surface area contributed by atoms with Crippen molar-refractivity contribution in [2.45, 2.75) is 25.7 Å². The summed E-state index contributed by atoms with van der Waals surface area (Å²) in [5, 5.41) is 6.88. The zero-order valence-electron chi connectivity index (χ0n) is 18.8. The number of benzene rings is 3. The molecule has 4 aromatic rings. The van der Waals surface area contributed by atoms with Crippen LogP contribution in [0.5, 0.6) is 0 Å². The molecule has 1 fully saturated rings. The van der Waals surface area contributed by atoms with Crippen LogP contribution in [0.15, 0.2) is 78.4 Å². The summed E-state index contributed by atoms with van der Waals surface area (Å²) in [6, 6.07) is 23.5. The Morgan fingerprint density at radius 3 is 2.38 bits per heavy atom. The third-order valence-corrected chi connectivity index (χ3v) is 6.79. The molecule has 0 aliphatic carbocycles. The van der Waals surface area contributed by atoms with Crippen molar-refractivity contribution in [1.29, 1.82) is 0 Å². The molecule has 0 saturated carbocycles. The molecule has 3 aromatic carbocycles. The summed E-state index contributed by atoms with van der Waals surface area (Å²) in [6.07, 6.45) is 0.280. The Kier molecular flexibility index (Phi) is 4.66. The molecule has 3 heterocycles. The van der Waals surface area contributed by atoms with Crippen LogP contribution in [0, 0.1) is 0 Å². The summed E-state index contributed by atoms with van der Waals surface area (Å²) in [4.78, 5) is 15.5. The molecule has 4 nitrogen and oxygen atoms in total. The highest BCUT2D eigenvalue weighted by Gasteiger charge is 2.42. The van der Waals surface area contributed by atoms with Crippen molar-refractivity contribution in [1.82, 2.24) is 9.78 Å². The molecule has 0 N–H and O–H groups in total. The first-order valence-electron chi connectivity index (χ1n) is 11.4. The maximum absolute atomic E-state index is 14.2. The van der Waals surface area contributed by atoms with E-state index < -0.39 is 5.92 Å². The number of anilines is 1. The quantitative estimate of drug-likeness (QED) is 0.368. The second kappa shape index (κ2) is 7.62. The predicted octanol–water partition coefficient (Wildman–Crippen LogP) is 6.22. The highest BCUT2D eigenvalue weighted by Crippen LogP contribution is 2.42. The van der Waals surface area contributed by atoms with Crippen LogP contribution >= 0.6 is 0 Å². The molecule has 34 heavy (non-hydrogen) atoms. The van der Waals surface area contributed by atoms with Gasteiger partial charge in [-0.25, -0.2) is 8.78 Å². The van der Waals surface area contributed by atoms with E-state index in [0.29, 0.717) is 29.1 Å². The van der Waals surface area contributed by atoms with E-state index in [9.17, 15) is 13.6 Å². The lowest BCUT2D eigenvalue weighted by molar-refractivity contribution is 0.0257. The van der Waals surface area contributed by atoms with E-state index in [4.69, 9.17) is 5.10 Å². The minimum absolute atomic E-state index is 0.197. The van der Waals surface area contributed by atoms with E-state index in [-0.39, 0.29) is 25.4 Å². The molecule has 0 unspecified atom stereocenters. The Bertz CT molecular complexity index is 1470. The fourth-order valence-corrected chi connectivity index (χ4v) is 5.16. The summed E-state index contributed by atoms with van der Waals surface area (Å²) < 4.78 is 29.8. The smallest absolute Gasteiger partial charge is 0.279 e. The number of fused-ring (bicyclic) bond motifs is 2. The molecular formula is C28H23F2N3O. The summed E-state index contributed by atoms with van der Waals surface area (Å²) >= 11 is 0. The largest absolute Gasteiger partial charge is 0.362 e. The lowest BCUT2D eigenvalue weighted by atomic mass is 9.92. The van der Waals surface area contributed by atoms with Crippen molar-refractivity contribution in [3.63, 3.8) is 0 Å². The van der Waals surface area contributed by atoms with Gasteiger partial charge in [0.1, 0.15) is 5.69 Å². The Morgan fingerprint density at radius 2 is 1.65 bits per heavy atom. The van der Waals surface area contributed by atoms with Crippen LogP contribution in [0.1, 0.15) is 29.4 Å². The first-order valence-corrected chi connectivity index (χ1v) is 11.4. The molecule has 0 atom stereocenters. The Morgan fingerprint density at radius 1 is 0.912 bits per heavy atom. The average molecular weight is 456 g/mol. The zero-order chi connectivity index (χ0) is 23.4. The van der Waals surface area contributed by atoms with Crippen molar-refractivity contribution >= 4 is 27.9 Å². The molecule has 0 amide bonds. The van der Waals surface area contributed by atoms with E-state index in [0.717, 1.165) is 27.5 Å². The predicted molar refractivity (Wildman–Crippen MR) is 130 cm³/mol. The number of halogens is 2. The highest BCUT2D eigenvalue weighted by atomic mass is 19.3. The van der Waals surface area contributed by atoms with E-state index >= 15 is 0 Å². The minimum atomic E-state index is -2.75. The second-order valence-corrected chi connectivity index (χ2v) is 9.15. The molecular weight excluding hydrogens is 432 g/mol. The summed E-state index contributed by atoms with van der Waals surface area (Å²) in [7, 11) is 0. The van der Waals surface area contributed by atoms with E-state index in [2.05, 4.69) is 0 Å². The summed E-state index contributed by atoms with van der Waals surface area (Å²) in [5.41, 5.74) is 5.11. The fraction of sp³-hybridized carbons (Fsp3) is 0.214. The van der Waals surface area contributed by atoms with Crippen LogP contribution in [0.25, 0.3) is 27.6 Å². The van der Waals surface area contributed by atoms with Crippen molar-refractivity contribution < 1.29 is 13.6 Å². The van der Waals surface area contributed by atoms with Gasteiger partial charge in [-0.15, -0.1) is 0 Å². The molecule has 1 saturated heterocycles. The number of rotatable bonds is 3. The van der Waals surface area contributed by atoms with E-state index in [1.807, 2.05) is 79.7 Å². The van der Waals surface area contributed by atoms with Crippen LogP contribution in [-0.2, 0) is 6.42 Å². The van der Waals surface area contributed by atoms with E-state index in [1.54, 1.807) is 4.90 Å². The number of carbonyl (C=O) groups is 1. The maximum Gasteiger partial charge on any atom is 0.279 e. The molecule has 6 heteroatoms. The fourth-order valence-electron chi connectivity index (χ4n) is 5.16. The van der Waals surface area contributed by atoms with Gasteiger partial charge in [-0.3, -0.25) is 4.79 Å². The van der Waals surface area contributed by atoms with Crippen LogP contribution in [0.3, 0.4) is 0 Å². The van der Waals surface area contributed by atoms with Gasteiger partial charge >= 0.3 is 0 Å². The molecule has 1 aromatic heterocycles. The third kappa shape index (κ3) is 3.33. The van der Waals surface area contributed by atoms with Gasteiger partial charge < -0.3 is 4.90 Å². The number of alkyl halides is 2. The van der Waals surface area contributed by atoms with Crippen molar-refractivity contribution in [2.24, 2.45) is 0 Å². The molecule has 2 aliphatic rings. The van der Waals surface area contributed by atoms with Crippen LogP contribution in [0.4, 0.5) is 14.5 Å². The first-order chi connectivity index (χ1) is 16.4. The Hall–Kier alpha value is -3.80.